The Kier molecular flexibility index (Phi) is 3.97. The molecule has 1 saturated carbocycles. The number of hydrogen-bond donors (Lipinski definition) is 2. The van der Waals surface area contributed by atoms with Gasteiger partial charge in [0.1, 0.15) is 0 Å². The van der Waals surface area contributed by atoms with Crippen molar-refractivity contribution in [2.24, 2.45) is 5.73 Å². The summed E-state index contributed by atoms with van der Waals surface area (Å²) in [6, 6.07) is 0. The van der Waals surface area contributed by atoms with E-state index in [1.165, 1.54) is 0 Å². The Labute approximate surface area is 85.4 Å². The molecular formula is C11H18N2O. The van der Waals surface area contributed by atoms with Crippen molar-refractivity contribution in [3.8, 4) is 11.8 Å². The van der Waals surface area contributed by atoms with Gasteiger partial charge in [-0.05, 0) is 19.8 Å². The first-order chi connectivity index (χ1) is 6.69. The quantitative estimate of drug-likeness (QED) is 0.515. The van der Waals surface area contributed by atoms with E-state index in [1.807, 2.05) is 0 Å². The van der Waals surface area contributed by atoms with E-state index in [0.29, 0.717) is 13.0 Å². The first-order valence-electron chi connectivity index (χ1n) is 5.16. The molecule has 1 rings (SSSR count). The van der Waals surface area contributed by atoms with Gasteiger partial charge in [0, 0.05) is 13.0 Å². The van der Waals surface area contributed by atoms with Gasteiger partial charge in [0.25, 0.3) is 0 Å². The molecule has 0 radical (unpaired) electrons. The summed E-state index contributed by atoms with van der Waals surface area (Å²) in [5, 5.41) is 2.83. The Morgan fingerprint density at radius 1 is 1.50 bits per heavy atom. The van der Waals surface area contributed by atoms with Gasteiger partial charge in [-0.25, -0.2) is 0 Å². The Hall–Kier alpha value is -1.01. The first kappa shape index (κ1) is 11.1. The summed E-state index contributed by atoms with van der Waals surface area (Å²) >= 11 is 0. The molecule has 1 aliphatic carbocycles. The molecule has 14 heavy (non-hydrogen) atoms. The molecule has 3 N–H and O–H groups in total. The molecule has 0 atom stereocenters. The lowest BCUT2D eigenvalue weighted by Crippen LogP contribution is -2.52. The van der Waals surface area contributed by atoms with Crippen molar-refractivity contribution in [3.05, 3.63) is 0 Å². The zero-order chi connectivity index (χ0) is 10.4. The highest BCUT2D eigenvalue weighted by Crippen LogP contribution is 2.26. The minimum absolute atomic E-state index is 0.00657. The van der Waals surface area contributed by atoms with Crippen molar-refractivity contribution in [2.75, 3.05) is 6.54 Å². The third-order valence-electron chi connectivity index (χ3n) is 2.66. The summed E-state index contributed by atoms with van der Waals surface area (Å²) in [5.74, 6) is 5.68. The Morgan fingerprint density at radius 3 is 2.71 bits per heavy atom. The fraction of sp³-hybridized carbons (Fsp3) is 0.727. The lowest BCUT2D eigenvalue weighted by atomic mass is 9.98. The molecule has 0 aromatic rings. The molecule has 0 aliphatic heterocycles. The van der Waals surface area contributed by atoms with Crippen molar-refractivity contribution in [3.63, 3.8) is 0 Å². The largest absolute Gasteiger partial charge is 0.354 e. The van der Waals surface area contributed by atoms with Gasteiger partial charge >= 0.3 is 0 Å². The summed E-state index contributed by atoms with van der Waals surface area (Å²) in [7, 11) is 0. The summed E-state index contributed by atoms with van der Waals surface area (Å²) in [4.78, 5) is 11.6. The molecule has 0 spiro atoms. The first-order valence-corrected chi connectivity index (χ1v) is 5.16. The van der Waals surface area contributed by atoms with Crippen molar-refractivity contribution in [1.29, 1.82) is 0 Å². The number of hydrogen-bond acceptors (Lipinski definition) is 2. The SMILES string of the molecule is CC#CCCNC(=O)C1(N)CCCC1. The van der Waals surface area contributed by atoms with Gasteiger partial charge in [0.15, 0.2) is 0 Å². The van der Waals surface area contributed by atoms with Gasteiger partial charge in [0.05, 0.1) is 5.54 Å². The molecule has 3 nitrogen and oxygen atoms in total. The van der Waals surface area contributed by atoms with Gasteiger partial charge in [-0.1, -0.05) is 12.8 Å². The zero-order valence-corrected chi connectivity index (χ0v) is 8.73. The van der Waals surface area contributed by atoms with Crippen LogP contribution < -0.4 is 11.1 Å². The van der Waals surface area contributed by atoms with Gasteiger partial charge in [-0.15, -0.1) is 11.8 Å². The smallest absolute Gasteiger partial charge is 0.240 e. The number of amides is 1. The molecule has 0 saturated heterocycles. The predicted molar refractivity (Wildman–Crippen MR) is 56.5 cm³/mol. The molecule has 1 fully saturated rings. The zero-order valence-electron chi connectivity index (χ0n) is 8.73. The van der Waals surface area contributed by atoms with Crippen LogP contribution in [-0.4, -0.2) is 18.0 Å². The average molecular weight is 194 g/mol. The molecule has 1 amide bonds. The minimum atomic E-state index is -0.598. The standard InChI is InChI=1S/C11H18N2O/c1-2-3-6-9-13-10(14)11(12)7-4-5-8-11/h4-9,12H2,1H3,(H,13,14). The maximum atomic E-state index is 11.6. The molecular weight excluding hydrogens is 176 g/mol. The summed E-state index contributed by atoms with van der Waals surface area (Å²) < 4.78 is 0. The lowest BCUT2D eigenvalue weighted by molar-refractivity contribution is -0.126. The van der Waals surface area contributed by atoms with Gasteiger partial charge in [0.2, 0.25) is 5.91 Å². The molecule has 0 aromatic carbocycles. The fourth-order valence-corrected chi connectivity index (χ4v) is 1.77. The maximum Gasteiger partial charge on any atom is 0.240 e. The van der Waals surface area contributed by atoms with Gasteiger partial charge in [-0.2, -0.15) is 0 Å². The van der Waals surface area contributed by atoms with Crippen molar-refractivity contribution >= 4 is 5.91 Å². The average Bonchev–Trinajstić information content (AvgIpc) is 2.61. The maximum absolute atomic E-state index is 11.6. The molecule has 78 valence electrons. The van der Waals surface area contributed by atoms with Crippen LogP contribution in [0, 0.1) is 11.8 Å². The van der Waals surface area contributed by atoms with Crippen LogP contribution in [0.1, 0.15) is 39.0 Å². The Morgan fingerprint density at radius 2 is 2.14 bits per heavy atom. The van der Waals surface area contributed by atoms with E-state index in [2.05, 4.69) is 17.2 Å². The van der Waals surface area contributed by atoms with Crippen LogP contribution in [0.4, 0.5) is 0 Å². The van der Waals surface area contributed by atoms with Crippen LogP contribution in [-0.2, 0) is 4.79 Å². The monoisotopic (exact) mass is 194 g/mol. The van der Waals surface area contributed by atoms with E-state index in [4.69, 9.17) is 5.73 Å². The highest BCUT2D eigenvalue weighted by atomic mass is 16.2. The normalized spacial score (nSPS) is 18.4. The summed E-state index contributed by atoms with van der Waals surface area (Å²) in [6.07, 6.45) is 4.48. The highest BCUT2D eigenvalue weighted by Gasteiger charge is 2.36. The molecule has 3 heteroatoms. The van der Waals surface area contributed by atoms with Crippen LogP contribution in [0.5, 0.6) is 0 Å². The molecule has 0 unspecified atom stereocenters. The third kappa shape index (κ3) is 2.74. The lowest BCUT2D eigenvalue weighted by Gasteiger charge is -2.21. The van der Waals surface area contributed by atoms with E-state index in [0.717, 1.165) is 25.7 Å². The van der Waals surface area contributed by atoms with Crippen molar-refractivity contribution in [1.82, 2.24) is 5.32 Å². The van der Waals surface area contributed by atoms with Gasteiger partial charge in [-0.3, -0.25) is 4.79 Å². The second-order valence-corrected chi connectivity index (χ2v) is 3.80. The highest BCUT2D eigenvalue weighted by molar-refractivity contribution is 5.86. The molecule has 1 aliphatic rings. The number of nitrogens with one attached hydrogen (secondary N) is 1. The number of rotatable bonds is 3. The minimum Gasteiger partial charge on any atom is -0.354 e. The Bertz CT molecular complexity index is 256. The molecule has 0 bridgehead atoms. The van der Waals surface area contributed by atoms with Crippen LogP contribution in [0.25, 0.3) is 0 Å². The van der Waals surface area contributed by atoms with E-state index in [1.54, 1.807) is 6.92 Å². The van der Waals surface area contributed by atoms with E-state index in [9.17, 15) is 4.79 Å². The summed E-state index contributed by atoms with van der Waals surface area (Å²) in [5.41, 5.74) is 5.37. The molecule has 0 aromatic heterocycles. The second-order valence-electron chi connectivity index (χ2n) is 3.80. The van der Waals surface area contributed by atoms with Crippen LogP contribution in [0.2, 0.25) is 0 Å². The van der Waals surface area contributed by atoms with Crippen LogP contribution in [0.3, 0.4) is 0 Å². The van der Waals surface area contributed by atoms with Crippen LogP contribution in [0.15, 0.2) is 0 Å². The Balaban J connectivity index is 2.29. The fourth-order valence-electron chi connectivity index (χ4n) is 1.77. The second kappa shape index (κ2) is 5.02. The molecule has 0 heterocycles. The van der Waals surface area contributed by atoms with E-state index >= 15 is 0 Å². The van der Waals surface area contributed by atoms with E-state index < -0.39 is 5.54 Å². The van der Waals surface area contributed by atoms with Crippen LogP contribution >= 0.6 is 0 Å². The predicted octanol–water partition coefficient (Wildman–Crippen LogP) is 0.787. The van der Waals surface area contributed by atoms with Crippen molar-refractivity contribution < 1.29 is 4.79 Å². The van der Waals surface area contributed by atoms with E-state index in [-0.39, 0.29) is 5.91 Å². The summed E-state index contributed by atoms with van der Waals surface area (Å²) in [6.45, 7) is 2.40. The van der Waals surface area contributed by atoms with Crippen molar-refractivity contribution in [2.45, 2.75) is 44.6 Å². The van der Waals surface area contributed by atoms with Gasteiger partial charge < -0.3 is 11.1 Å². The third-order valence-corrected chi connectivity index (χ3v) is 2.66. The number of carbonyl (C=O) groups excluding carboxylic acids is 1. The topological polar surface area (TPSA) is 55.1 Å². The number of carbonyl (C=O) groups is 1. The number of nitrogens with two attached hydrogens (primary N) is 1.